The van der Waals surface area contributed by atoms with Crippen molar-refractivity contribution in [2.45, 2.75) is 33.4 Å². The fourth-order valence-corrected chi connectivity index (χ4v) is 2.59. The van der Waals surface area contributed by atoms with E-state index in [-0.39, 0.29) is 0 Å². The first kappa shape index (κ1) is 19.8. The van der Waals surface area contributed by atoms with Crippen LogP contribution in [0.5, 0.6) is 5.75 Å². The van der Waals surface area contributed by atoms with E-state index in [1.54, 1.807) is 7.11 Å². The summed E-state index contributed by atoms with van der Waals surface area (Å²) in [5.74, 6) is 1.45. The van der Waals surface area contributed by atoms with Crippen molar-refractivity contribution in [2.75, 3.05) is 12.0 Å². The number of rotatable bonds is 10. The van der Waals surface area contributed by atoms with Crippen LogP contribution < -0.4 is 15.0 Å². The van der Waals surface area contributed by atoms with Gasteiger partial charge in [-0.3, -0.25) is 0 Å². The van der Waals surface area contributed by atoms with E-state index in [9.17, 15) is 0 Å². The van der Waals surface area contributed by atoms with Gasteiger partial charge >= 0.3 is 0 Å². The van der Waals surface area contributed by atoms with Crippen LogP contribution in [0.15, 0.2) is 73.6 Å². The summed E-state index contributed by atoms with van der Waals surface area (Å²) in [5, 5.41) is 3.49. The van der Waals surface area contributed by atoms with Gasteiger partial charge in [-0.15, -0.1) is 0 Å². The van der Waals surface area contributed by atoms with Crippen LogP contribution in [-0.2, 0) is 13.1 Å². The number of nitrogens with zero attached hydrogens (tertiary/aromatic N) is 1. The summed E-state index contributed by atoms with van der Waals surface area (Å²) in [4.78, 5) is 2.07. The lowest BCUT2D eigenvalue weighted by Crippen LogP contribution is -2.13. The molecule has 0 spiro atoms. The van der Waals surface area contributed by atoms with Gasteiger partial charge in [0.25, 0.3) is 0 Å². The Hall–Kier alpha value is -2.52. The molecule has 0 saturated carbocycles. The summed E-state index contributed by atoms with van der Waals surface area (Å²) in [6, 6.07) is 16.7. The summed E-state index contributed by atoms with van der Waals surface area (Å²) >= 11 is 0. The van der Waals surface area contributed by atoms with Crippen molar-refractivity contribution in [3.05, 3.63) is 84.7 Å². The minimum Gasteiger partial charge on any atom is -0.497 e. The number of methoxy groups -OCH3 is 1. The van der Waals surface area contributed by atoms with Gasteiger partial charge in [0.15, 0.2) is 0 Å². The van der Waals surface area contributed by atoms with Crippen LogP contribution in [0.1, 0.15) is 31.4 Å². The molecule has 2 aromatic rings. The van der Waals surface area contributed by atoms with Crippen molar-refractivity contribution in [2.24, 2.45) is 5.92 Å². The summed E-state index contributed by atoms with van der Waals surface area (Å²) < 4.78 is 5.27. The molecule has 3 heteroatoms. The third-order valence-corrected chi connectivity index (χ3v) is 4.42. The summed E-state index contributed by atoms with van der Waals surface area (Å²) in [5.41, 5.74) is 3.58. The largest absolute Gasteiger partial charge is 0.497 e. The van der Waals surface area contributed by atoms with E-state index in [4.69, 9.17) is 4.74 Å². The van der Waals surface area contributed by atoms with Crippen LogP contribution in [0.25, 0.3) is 0 Å². The van der Waals surface area contributed by atoms with Crippen LogP contribution >= 0.6 is 0 Å². The Bertz CT molecular complexity index is 724. The number of benzene rings is 2. The molecule has 0 aliphatic rings. The van der Waals surface area contributed by atoms with Gasteiger partial charge in [-0.2, -0.15) is 0 Å². The molecule has 3 nitrogen and oxygen atoms in total. The highest BCUT2D eigenvalue weighted by Gasteiger charge is 2.02. The molecule has 2 aromatic carbocycles. The third-order valence-electron chi connectivity index (χ3n) is 4.42. The monoisotopic (exact) mass is 350 g/mol. The predicted octanol–water partition coefficient (Wildman–Crippen LogP) is 5.49. The molecule has 0 aromatic heterocycles. The van der Waals surface area contributed by atoms with Gasteiger partial charge in [-0.25, -0.2) is 0 Å². The molecule has 1 atom stereocenters. The van der Waals surface area contributed by atoms with E-state index in [1.807, 2.05) is 18.3 Å². The maximum atomic E-state index is 5.27. The highest BCUT2D eigenvalue weighted by Crippen LogP contribution is 2.18. The topological polar surface area (TPSA) is 24.5 Å². The number of hydrogen-bond donors (Lipinski definition) is 1. The molecule has 26 heavy (non-hydrogen) atoms. The first-order valence-electron chi connectivity index (χ1n) is 9.18. The standard InChI is InChI=1S/C23H30N2O/c1-5-19(3)13-14-25(6-2)22-11-7-9-20(15-22)17-24-18-21-10-8-12-23(16-21)26-4/h6-16,19,24H,2,5,17-18H2,1,3-4H3/b14-13-. The molecule has 2 rings (SSSR count). The van der Waals surface area contributed by atoms with E-state index in [0.29, 0.717) is 5.92 Å². The molecule has 1 unspecified atom stereocenters. The first-order valence-corrected chi connectivity index (χ1v) is 9.18. The zero-order valence-corrected chi connectivity index (χ0v) is 16.1. The average Bonchev–Trinajstić information content (AvgIpc) is 2.68. The average molecular weight is 351 g/mol. The number of allylic oxidation sites excluding steroid dienone is 1. The SMILES string of the molecule is C=CN(/C=C\C(C)CC)c1cccc(CNCc2cccc(OC)c2)c1. The van der Waals surface area contributed by atoms with E-state index < -0.39 is 0 Å². The Labute approximate surface area is 158 Å². The van der Waals surface area contributed by atoms with Crippen LogP contribution in [0, 0.1) is 5.92 Å². The molecule has 0 radical (unpaired) electrons. The summed E-state index contributed by atoms with van der Waals surface area (Å²) in [6.45, 7) is 9.97. The number of hydrogen-bond acceptors (Lipinski definition) is 3. The highest BCUT2D eigenvalue weighted by molar-refractivity contribution is 5.53. The van der Waals surface area contributed by atoms with Gasteiger partial charge in [-0.1, -0.05) is 57.2 Å². The molecular weight excluding hydrogens is 320 g/mol. The fourth-order valence-electron chi connectivity index (χ4n) is 2.59. The Balaban J connectivity index is 1.97. The van der Waals surface area contributed by atoms with Gasteiger partial charge in [0, 0.05) is 31.2 Å². The fraction of sp³-hybridized carbons (Fsp3) is 0.304. The number of nitrogens with one attached hydrogen (secondary N) is 1. The van der Waals surface area contributed by atoms with Gasteiger partial charge in [-0.05, 0) is 41.3 Å². The lowest BCUT2D eigenvalue weighted by atomic mass is 10.1. The zero-order valence-electron chi connectivity index (χ0n) is 16.1. The third kappa shape index (κ3) is 6.08. The van der Waals surface area contributed by atoms with Crippen molar-refractivity contribution in [3.63, 3.8) is 0 Å². The van der Waals surface area contributed by atoms with Crippen LogP contribution in [0.4, 0.5) is 5.69 Å². The Morgan fingerprint density at radius 3 is 2.46 bits per heavy atom. The molecule has 138 valence electrons. The Kier molecular flexibility index (Phi) is 7.97. The van der Waals surface area contributed by atoms with Crippen molar-refractivity contribution in [3.8, 4) is 5.75 Å². The second-order valence-electron chi connectivity index (χ2n) is 6.44. The van der Waals surface area contributed by atoms with Gasteiger partial charge < -0.3 is 15.0 Å². The van der Waals surface area contributed by atoms with Crippen molar-refractivity contribution >= 4 is 5.69 Å². The molecule has 1 N–H and O–H groups in total. The quantitative estimate of drug-likeness (QED) is 0.613. The Morgan fingerprint density at radius 1 is 1.12 bits per heavy atom. The van der Waals surface area contributed by atoms with E-state index >= 15 is 0 Å². The lowest BCUT2D eigenvalue weighted by molar-refractivity contribution is 0.414. The van der Waals surface area contributed by atoms with Crippen molar-refractivity contribution in [1.29, 1.82) is 0 Å². The smallest absolute Gasteiger partial charge is 0.119 e. The highest BCUT2D eigenvalue weighted by atomic mass is 16.5. The van der Waals surface area contributed by atoms with Crippen LogP contribution in [0.2, 0.25) is 0 Å². The molecule has 0 heterocycles. The van der Waals surface area contributed by atoms with Gasteiger partial charge in [0.05, 0.1) is 7.11 Å². The molecule has 0 saturated heterocycles. The first-order chi connectivity index (χ1) is 12.7. The van der Waals surface area contributed by atoms with Gasteiger partial charge in [0.2, 0.25) is 0 Å². The van der Waals surface area contributed by atoms with E-state index in [0.717, 1.165) is 30.9 Å². The molecule has 0 bridgehead atoms. The minimum atomic E-state index is 0.560. The summed E-state index contributed by atoms with van der Waals surface area (Å²) in [6.07, 6.45) is 7.30. The second kappa shape index (κ2) is 10.5. The molecule has 0 aliphatic carbocycles. The van der Waals surface area contributed by atoms with Crippen LogP contribution in [0.3, 0.4) is 0 Å². The molecular formula is C23H30N2O. The lowest BCUT2D eigenvalue weighted by Gasteiger charge is -2.17. The van der Waals surface area contributed by atoms with E-state index in [1.165, 1.54) is 11.1 Å². The maximum Gasteiger partial charge on any atom is 0.119 e. The predicted molar refractivity (Wildman–Crippen MR) is 111 cm³/mol. The molecule has 0 amide bonds. The summed E-state index contributed by atoms with van der Waals surface area (Å²) in [7, 11) is 1.69. The van der Waals surface area contributed by atoms with Crippen molar-refractivity contribution in [1.82, 2.24) is 5.32 Å². The zero-order chi connectivity index (χ0) is 18.8. The second-order valence-corrected chi connectivity index (χ2v) is 6.44. The molecule has 0 fully saturated rings. The number of ether oxygens (including phenoxy) is 1. The number of anilines is 1. The Morgan fingerprint density at radius 2 is 1.81 bits per heavy atom. The minimum absolute atomic E-state index is 0.560. The van der Waals surface area contributed by atoms with E-state index in [2.05, 4.69) is 79.3 Å². The maximum absolute atomic E-state index is 5.27. The molecule has 0 aliphatic heterocycles. The van der Waals surface area contributed by atoms with Gasteiger partial charge in [0.1, 0.15) is 5.75 Å². The van der Waals surface area contributed by atoms with Crippen LogP contribution in [-0.4, -0.2) is 7.11 Å². The normalized spacial score (nSPS) is 12.1. The van der Waals surface area contributed by atoms with Crippen molar-refractivity contribution < 1.29 is 4.74 Å².